The van der Waals surface area contributed by atoms with Crippen LogP contribution >= 0.6 is 23.2 Å². The number of rotatable bonds is 14. The predicted molar refractivity (Wildman–Crippen MR) is 167 cm³/mol. The number of nitrogens with one attached hydrogen (secondary N) is 1. The first kappa shape index (κ1) is 32.4. The molecule has 0 saturated heterocycles. The molecule has 7 nitrogen and oxygen atoms in total. The Balaban J connectivity index is 2.05. The Kier molecular flexibility index (Phi) is 12.1. The number of unbranched alkanes of at least 4 members (excludes halogenated alkanes) is 1. The highest BCUT2D eigenvalue weighted by atomic mass is 35.5. The highest BCUT2D eigenvalue weighted by Crippen LogP contribution is 2.25. The second kappa shape index (κ2) is 15.2. The van der Waals surface area contributed by atoms with Crippen LogP contribution in [0, 0.1) is 0 Å². The van der Waals surface area contributed by atoms with Crippen molar-refractivity contribution in [1.82, 2.24) is 10.2 Å². The molecule has 41 heavy (non-hydrogen) atoms. The molecule has 0 radical (unpaired) electrons. The largest absolute Gasteiger partial charge is 0.354 e. The van der Waals surface area contributed by atoms with Crippen molar-refractivity contribution >= 4 is 50.7 Å². The van der Waals surface area contributed by atoms with Crippen LogP contribution in [0.4, 0.5) is 5.69 Å². The van der Waals surface area contributed by atoms with E-state index in [1.54, 1.807) is 30.3 Å². The van der Waals surface area contributed by atoms with Crippen LogP contribution in [0.1, 0.15) is 43.4 Å². The van der Waals surface area contributed by atoms with E-state index in [0.29, 0.717) is 27.8 Å². The number of hydrogen-bond donors (Lipinski definition) is 1. The quantitative estimate of drug-likeness (QED) is 0.229. The van der Waals surface area contributed by atoms with E-state index in [2.05, 4.69) is 5.32 Å². The van der Waals surface area contributed by atoms with Crippen LogP contribution in [-0.2, 0) is 39.0 Å². The number of carbonyl (C=O) groups excluding carboxylic acids is 2. The summed E-state index contributed by atoms with van der Waals surface area (Å²) in [4.78, 5) is 29.2. The molecule has 0 aliphatic rings. The summed E-state index contributed by atoms with van der Waals surface area (Å²) in [7, 11) is -3.83. The number of nitrogens with zero attached hydrogens (tertiary/aromatic N) is 2. The van der Waals surface area contributed by atoms with Crippen molar-refractivity contribution in [1.29, 1.82) is 0 Å². The lowest BCUT2D eigenvalue weighted by Crippen LogP contribution is -2.53. The van der Waals surface area contributed by atoms with Crippen LogP contribution < -0.4 is 9.62 Å². The van der Waals surface area contributed by atoms with Gasteiger partial charge in [-0.3, -0.25) is 13.9 Å². The molecule has 3 aromatic rings. The molecular formula is C31H37Cl2N3O4S. The maximum absolute atomic E-state index is 14.1. The molecule has 220 valence electrons. The first-order valence-corrected chi connectivity index (χ1v) is 16.3. The van der Waals surface area contributed by atoms with Gasteiger partial charge in [0.2, 0.25) is 21.8 Å². The lowest BCUT2D eigenvalue weighted by Gasteiger charge is -2.33. The standard InChI is InChI=1S/C31H37Cl2N3O4S/c1-4-6-18-34-31(38)29(19-24-10-8-7-9-11-24)35(21-25-14-15-26(32)20-28(25)33)30(37)22-36(41(3,39)40)27-16-12-23(5-2)13-17-27/h7-17,20,29H,4-6,18-19,21-22H2,1-3H3,(H,34,38)/t29-/m1/s1. The smallest absolute Gasteiger partial charge is 0.244 e. The van der Waals surface area contributed by atoms with Crippen LogP contribution in [0.3, 0.4) is 0 Å². The van der Waals surface area contributed by atoms with E-state index in [1.807, 2.05) is 56.3 Å². The first-order chi connectivity index (χ1) is 19.5. The van der Waals surface area contributed by atoms with Gasteiger partial charge in [0.15, 0.2) is 0 Å². The molecule has 1 atom stereocenters. The number of anilines is 1. The molecule has 0 aliphatic carbocycles. The average molecular weight is 619 g/mol. The highest BCUT2D eigenvalue weighted by Gasteiger charge is 2.33. The normalized spacial score (nSPS) is 12.0. The Hall–Kier alpha value is -3.07. The third-order valence-electron chi connectivity index (χ3n) is 6.77. The van der Waals surface area contributed by atoms with Gasteiger partial charge in [0.05, 0.1) is 11.9 Å². The summed E-state index contributed by atoms with van der Waals surface area (Å²) >= 11 is 12.6. The summed E-state index contributed by atoms with van der Waals surface area (Å²) < 4.78 is 26.9. The number of halogens is 2. The maximum Gasteiger partial charge on any atom is 0.244 e. The summed E-state index contributed by atoms with van der Waals surface area (Å²) in [6.45, 7) is 4.00. The van der Waals surface area contributed by atoms with Crippen LogP contribution in [0.25, 0.3) is 0 Å². The Bertz CT molecular complexity index is 1420. The zero-order valence-corrected chi connectivity index (χ0v) is 26.0. The summed E-state index contributed by atoms with van der Waals surface area (Å²) in [6, 6.07) is 20.5. The van der Waals surface area contributed by atoms with E-state index in [9.17, 15) is 18.0 Å². The van der Waals surface area contributed by atoms with Gasteiger partial charge in [-0.2, -0.15) is 0 Å². The van der Waals surface area contributed by atoms with Crippen molar-refractivity contribution in [2.45, 2.75) is 52.1 Å². The molecule has 0 bridgehead atoms. The third-order valence-corrected chi connectivity index (χ3v) is 8.50. The van der Waals surface area contributed by atoms with Gasteiger partial charge < -0.3 is 10.2 Å². The molecule has 0 aliphatic heterocycles. The Morgan fingerprint density at radius 2 is 1.61 bits per heavy atom. The zero-order valence-electron chi connectivity index (χ0n) is 23.6. The summed E-state index contributed by atoms with van der Waals surface area (Å²) in [6.07, 6.45) is 3.78. The summed E-state index contributed by atoms with van der Waals surface area (Å²) in [5.41, 5.74) is 2.86. The van der Waals surface area contributed by atoms with Gasteiger partial charge >= 0.3 is 0 Å². The minimum absolute atomic E-state index is 0.0140. The third kappa shape index (κ3) is 9.48. The monoisotopic (exact) mass is 617 g/mol. The molecule has 0 heterocycles. The fourth-order valence-corrected chi connectivity index (χ4v) is 5.72. The zero-order chi connectivity index (χ0) is 30.0. The van der Waals surface area contributed by atoms with Crippen LogP contribution in [0.2, 0.25) is 10.0 Å². The second-order valence-electron chi connectivity index (χ2n) is 9.90. The molecule has 2 amide bonds. The van der Waals surface area contributed by atoms with Gasteiger partial charge in [-0.25, -0.2) is 8.42 Å². The molecule has 10 heteroatoms. The van der Waals surface area contributed by atoms with E-state index < -0.39 is 28.5 Å². The van der Waals surface area contributed by atoms with Gasteiger partial charge in [-0.15, -0.1) is 0 Å². The fraction of sp³-hybridized carbons (Fsp3) is 0.355. The van der Waals surface area contributed by atoms with Gasteiger partial charge in [0, 0.05) is 29.6 Å². The molecule has 0 spiro atoms. The molecule has 1 N–H and O–H groups in total. The topological polar surface area (TPSA) is 86.8 Å². The van der Waals surface area contributed by atoms with Crippen molar-refractivity contribution in [3.63, 3.8) is 0 Å². The number of amides is 2. The average Bonchev–Trinajstić information content (AvgIpc) is 2.94. The summed E-state index contributed by atoms with van der Waals surface area (Å²) in [5.74, 6) is -0.855. The van der Waals surface area contributed by atoms with Crippen molar-refractivity contribution < 1.29 is 18.0 Å². The van der Waals surface area contributed by atoms with Crippen molar-refractivity contribution in [2.24, 2.45) is 0 Å². The Morgan fingerprint density at radius 1 is 0.927 bits per heavy atom. The van der Waals surface area contributed by atoms with E-state index in [1.165, 1.54) is 4.90 Å². The molecule has 0 fully saturated rings. The predicted octanol–water partition coefficient (Wildman–Crippen LogP) is 5.88. The lowest BCUT2D eigenvalue weighted by atomic mass is 10.0. The number of aryl methyl sites for hydroxylation is 1. The number of hydrogen-bond acceptors (Lipinski definition) is 4. The van der Waals surface area contributed by atoms with Gasteiger partial charge in [-0.05, 0) is 53.8 Å². The van der Waals surface area contributed by atoms with E-state index in [4.69, 9.17) is 23.2 Å². The van der Waals surface area contributed by atoms with Gasteiger partial charge in [0.25, 0.3) is 0 Å². The molecule has 3 rings (SSSR count). The Morgan fingerprint density at radius 3 is 2.20 bits per heavy atom. The van der Waals surface area contributed by atoms with Crippen LogP contribution in [0.15, 0.2) is 72.8 Å². The van der Waals surface area contributed by atoms with Crippen LogP contribution in [-0.4, -0.2) is 50.5 Å². The van der Waals surface area contributed by atoms with Gasteiger partial charge in [-0.1, -0.05) is 92.0 Å². The van der Waals surface area contributed by atoms with Crippen molar-refractivity contribution in [3.05, 3.63) is 99.5 Å². The molecule has 0 aromatic heterocycles. The molecule has 0 saturated carbocycles. The maximum atomic E-state index is 14.1. The molecule has 0 unspecified atom stereocenters. The van der Waals surface area contributed by atoms with Gasteiger partial charge in [0.1, 0.15) is 12.6 Å². The minimum atomic E-state index is -3.83. The number of sulfonamides is 1. The first-order valence-electron chi connectivity index (χ1n) is 13.6. The van der Waals surface area contributed by atoms with E-state index in [0.717, 1.165) is 41.0 Å². The highest BCUT2D eigenvalue weighted by molar-refractivity contribution is 7.92. The van der Waals surface area contributed by atoms with Crippen molar-refractivity contribution in [2.75, 3.05) is 23.7 Å². The lowest BCUT2D eigenvalue weighted by molar-refractivity contribution is -0.140. The number of carbonyl (C=O) groups is 2. The molecule has 3 aromatic carbocycles. The fourth-order valence-electron chi connectivity index (χ4n) is 4.41. The van der Waals surface area contributed by atoms with E-state index in [-0.39, 0.29) is 18.9 Å². The van der Waals surface area contributed by atoms with Crippen molar-refractivity contribution in [3.8, 4) is 0 Å². The Labute approximate surface area is 253 Å². The SMILES string of the molecule is CCCCNC(=O)[C@@H](Cc1ccccc1)N(Cc1ccc(Cl)cc1Cl)C(=O)CN(c1ccc(CC)cc1)S(C)(=O)=O. The van der Waals surface area contributed by atoms with Crippen LogP contribution in [0.5, 0.6) is 0 Å². The summed E-state index contributed by atoms with van der Waals surface area (Å²) in [5, 5.41) is 3.74. The number of benzene rings is 3. The second-order valence-corrected chi connectivity index (χ2v) is 12.6. The van der Waals surface area contributed by atoms with E-state index >= 15 is 0 Å². The molecular weight excluding hydrogens is 581 g/mol. The minimum Gasteiger partial charge on any atom is -0.354 e.